The Labute approximate surface area is 198 Å². The maximum absolute atomic E-state index is 12.7. The van der Waals surface area contributed by atoms with Gasteiger partial charge in [-0.25, -0.2) is 9.98 Å². The van der Waals surface area contributed by atoms with Crippen LogP contribution in [0.1, 0.15) is 18.9 Å². The van der Waals surface area contributed by atoms with Crippen LogP contribution in [0.25, 0.3) is 0 Å². The number of hydrogen-bond acceptors (Lipinski definition) is 5. The molecule has 31 heavy (non-hydrogen) atoms. The zero-order valence-electron chi connectivity index (χ0n) is 17.6. The summed E-state index contributed by atoms with van der Waals surface area (Å²) >= 11 is 0. The van der Waals surface area contributed by atoms with E-state index in [-0.39, 0.29) is 35.8 Å². The molecular formula is C21H28F2IN5O2. The van der Waals surface area contributed by atoms with Gasteiger partial charge in [-0.15, -0.1) is 24.0 Å². The molecule has 0 bridgehead atoms. The molecule has 0 amide bonds. The van der Waals surface area contributed by atoms with Crippen molar-refractivity contribution in [2.75, 3.05) is 31.6 Å². The van der Waals surface area contributed by atoms with E-state index in [0.717, 1.165) is 25.1 Å². The molecule has 170 valence electrons. The van der Waals surface area contributed by atoms with Gasteiger partial charge in [0.2, 0.25) is 5.88 Å². The first-order chi connectivity index (χ1) is 14.6. The zero-order chi connectivity index (χ0) is 21.3. The van der Waals surface area contributed by atoms with E-state index in [1.807, 2.05) is 30.0 Å². The lowest BCUT2D eigenvalue weighted by atomic mass is 10.2. The Hall–Kier alpha value is -2.37. The number of halogens is 3. The van der Waals surface area contributed by atoms with E-state index in [0.29, 0.717) is 30.6 Å². The van der Waals surface area contributed by atoms with Gasteiger partial charge in [-0.05, 0) is 37.1 Å². The number of aromatic nitrogens is 1. The van der Waals surface area contributed by atoms with Crippen LogP contribution in [-0.4, -0.2) is 50.3 Å². The number of para-hydroxylation sites is 2. The molecule has 1 atom stereocenters. The lowest BCUT2D eigenvalue weighted by Gasteiger charge is -2.22. The molecule has 0 saturated carbocycles. The highest BCUT2D eigenvalue weighted by Gasteiger charge is 2.26. The Balaban J connectivity index is 0.00000341. The molecular weight excluding hydrogens is 519 g/mol. The van der Waals surface area contributed by atoms with Gasteiger partial charge in [0.15, 0.2) is 5.96 Å². The summed E-state index contributed by atoms with van der Waals surface area (Å²) in [4.78, 5) is 10.8. The minimum Gasteiger partial charge on any atom is -0.481 e. The van der Waals surface area contributed by atoms with Crippen LogP contribution in [0.3, 0.4) is 0 Å². The van der Waals surface area contributed by atoms with Gasteiger partial charge < -0.3 is 25.0 Å². The predicted octanol–water partition coefficient (Wildman–Crippen LogP) is 3.64. The average Bonchev–Trinajstić information content (AvgIpc) is 3.20. The number of alkyl halides is 2. The molecule has 1 unspecified atom stereocenters. The van der Waals surface area contributed by atoms with Gasteiger partial charge in [-0.2, -0.15) is 8.78 Å². The van der Waals surface area contributed by atoms with Gasteiger partial charge in [0, 0.05) is 37.9 Å². The SMILES string of the molecule is CCNC(=NCc1ccnc(OC)c1)NC1CCN(c2ccccc2OC(F)F)C1.I. The second kappa shape index (κ2) is 12.5. The highest BCUT2D eigenvalue weighted by molar-refractivity contribution is 14.0. The van der Waals surface area contributed by atoms with Crippen LogP contribution in [0.2, 0.25) is 0 Å². The molecule has 0 aliphatic carbocycles. The van der Waals surface area contributed by atoms with Crippen LogP contribution in [0, 0.1) is 0 Å². The van der Waals surface area contributed by atoms with Crippen molar-refractivity contribution in [2.24, 2.45) is 4.99 Å². The van der Waals surface area contributed by atoms with Gasteiger partial charge in [-0.1, -0.05) is 12.1 Å². The number of nitrogens with zero attached hydrogens (tertiary/aromatic N) is 3. The first-order valence-corrected chi connectivity index (χ1v) is 9.91. The number of nitrogens with one attached hydrogen (secondary N) is 2. The third-order valence-corrected chi connectivity index (χ3v) is 4.72. The maximum atomic E-state index is 12.7. The van der Waals surface area contributed by atoms with Gasteiger partial charge in [0.1, 0.15) is 5.75 Å². The largest absolute Gasteiger partial charge is 0.481 e. The summed E-state index contributed by atoms with van der Waals surface area (Å²) in [5.41, 5.74) is 1.66. The lowest BCUT2D eigenvalue weighted by molar-refractivity contribution is -0.0495. The Morgan fingerprint density at radius 2 is 2.13 bits per heavy atom. The maximum Gasteiger partial charge on any atom is 0.387 e. The van der Waals surface area contributed by atoms with Gasteiger partial charge in [-0.3, -0.25) is 0 Å². The van der Waals surface area contributed by atoms with E-state index in [9.17, 15) is 8.78 Å². The van der Waals surface area contributed by atoms with Gasteiger partial charge in [0.25, 0.3) is 0 Å². The van der Waals surface area contributed by atoms with E-state index in [1.165, 1.54) is 0 Å². The molecule has 2 heterocycles. The Kier molecular flexibility index (Phi) is 10.0. The lowest BCUT2D eigenvalue weighted by Crippen LogP contribution is -2.44. The van der Waals surface area contributed by atoms with Gasteiger partial charge in [0.05, 0.1) is 19.3 Å². The molecule has 3 rings (SSSR count). The first kappa shape index (κ1) is 24.9. The summed E-state index contributed by atoms with van der Waals surface area (Å²) < 4.78 is 35.2. The molecule has 10 heteroatoms. The van der Waals surface area contributed by atoms with E-state index in [4.69, 9.17) is 4.74 Å². The fraction of sp³-hybridized carbons (Fsp3) is 0.429. The summed E-state index contributed by atoms with van der Waals surface area (Å²) in [5, 5.41) is 6.69. The van der Waals surface area contributed by atoms with Crippen molar-refractivity contribution in [1.82, 2.24) is 15.6 Å². The zero-order valence-corrected chi connectivity index (χ0v) is 19.9. The molecule has 1 saturated heterocycles. The number of anilines is 1. The molecule has 1 fully saturated rings. The highest BCUT2D eigenvalue weighted by atomic mass is 127. The summed E-state index contributed by atoms with van der Waals surface area (Å²) in [5.74, 6) is 1.45. The standard InChI is InChI=1S/C21H27F2N5O2.HI/c1-3-24-21(26-13-15-8-10-25-19(12-15)29-2)27-16-9-11-28(14-16)17-6-4-5-7-18(17)30-20(22)23;/h4-8,10,12,16,20H,3,9,11,13-14H2,1-2H3,(H2,24,26,27);1H. The number of benzene rings is 1. The first-order valence-electron chi connectivity index (χ1n) is 9.91. The van der Waals surface area contributed by atoms with Crippen LogP contribution in [0.15, 0.2) is 47.6 Å². The number of hydrogen-bond donors (Lipinski definition) is 2. The van der Waals surface area contributed by atoms with E-state index < -0.39 is 6.61 Å². The van der Waals surface area contributed by atoms with Crippen molar-refractivity contribution in [3.63, 3.8) is 0 Å². The fourth-order valence-corrected chi connectivity index (χ4v) is 3.36. The molecule has 7 nitrogen and oxygen atoms in total. The normalized spacial score (nSPS) is 16.1. The molecule has 0 radical (unpaired) electrons. The Bertz CT molecular complexity index is 856. The van der Waals surface area contributed by atoms with E-state index in [2.05, 4.69) is 25.3 Å². The second-order valence-corrected chi connectivity index (χ2v) is 6.82. The second-order valence-electron chi connectivity index (χ2n) is 6.82. The average molecular weight is 547 g/mol. The molecule has 1 aromatic carbocycles. The quantitative estimate of drug-likeness (QED) is 0.299. The van der Waals surface area contributed by atoms with E-state index >= 15 is 0 Å². The number of aliphatic imine (C=N–C) groups is 1. The smallest absolute Gasteiger partial charge is 0.387 e. The van der Waals surface area contributed by atoms with Crippen LogP contribution in [-0.2, 0) is 6.54 Å². The summed E-state index contributed by atoms with van der Waals surface area (Å²) in [6, 6.07) is 10.8. The number of ether oxygens (including phenoxy) is 2. The molecule has 0 spiro atoms. The van der Waals surface area contributed by atoms with Crippen LogP contribution >= 0.6 is 24.0 Å². The van der Waals surface area contributed by atoms with Crippen molar-refractivity contribution in [1.29, 1.82) is 0 Å². The van der Waals surface area contributed by atoms with Crippen molar-refractivity contribution >= 4 is 35.6 Å². The minimum absolute atomic E-state index is 0. The van der Waals surface area contributed by atoms with E-state index in [1.54, 1.807) is 31.5 Å². The minimum atomic E-state index is -2.85. The number of rotatable bonds is 8. The van der Waals surface area contributed by atoms with Crippen molar-refractivity contribution in [3.05, 3.63) is 48.2 Å². The monoisotopic (exact) mass is 547 g/mol. The number of methoxy groups -OCH3 is 1. The van der Waals surface area contributed by atoms with Crippen LogP contribution in [0.4, 0.5) is 14.5 Å². The summed E-state index contributed by atoms with van der Waals surface area (Å²) in [7, 11) is 1.58. The van der Waals surface area contributed by atoms with Crippen LogP contribution < -0.4 is 25.0 Å². The highest BCUT2D eigenvalue weighted by Crippen LogP contribution is 2.31. The Morgan fingerprint density at radius 1 is 1.32 bits per heavy atom. The number of pyridine rings is 1. The summed E-state index contributed by atoms with van der Waals surface area (Å²) in [6.07, 6.45) is 2.55. The molecule has 1 aliphatic rings. The number of guanidine groups is 1. The Morgan fingerprint density at radius 3 is 2.87 bits per heavy atom. The molecule has 2 aromatic rings. The predicted molar refractivity (Wildman–Crippen MR) is 128 cm³/mol. The van der Waals surface area contributed by atoms with Crippen molar-refractivity contribution < 1.29 is 18.3 Å². The third-order valence-electron chi connectivity index (χ3n) is 4.72. The molecule has 1 aromatic heterocycles. The van der Waals surface area contributed by atoms with Gasteiger partial charge >= 0.3 is 6.61 Å². The molecule has 1 aliphatic heterocycles. The fourth-order valence-electron chi connectivity index (χ4n) is 3.36. The molecule has 2 N–H and O–H groups in total. The van der Waals surface area contributed by atoms with Crippen molar-refractivity contribution in [2.45, 2.75) is 32.5 Å². The summed E-state index contributed by atoms with van der Waals surface area (Å²) in [6.45, 7) is 1.77. The third kappa shape index (κ3) is 7.37. The van der Waals surface area contributed by atoms with Crippen LogP contribution in [0.5, 0.6) is 11.6 Å². The topological polar surface area (TPSA) is 71.0 Å². The van der Waals surface area contributed by atoms with Crippen molar-refractivity contribution in [3.8, 4) is 11.6 Å².